The van der Waals surface area contributed by atoms with Crippen molar-refractivity contribution in [1.82, 2.24) is 0 Å². The quantitative estimate of drug-likeness (QED) is 0.822. The fraction of sp³-hybridized carbons (Fsp3) is 0.400. The van der Waals surface area contributed by atoms with Gasteiger partial charge in [0.15, 0.2) is 0 Å². The Hall–Kier alpha value is 0.230. The van der Waals surface area contributed by atoms with Gasteiger partial charge in [-0.1, -0.05) is 0 Å². The molecule has 0 heterocycles. The maximum atomic E-state index is 9.29. The monoisotopic (exact) mass is 246 g/mol. The Labute approximate surface area is 98.1 Å². The molecule has 1 N–H and O–H groups in total. The number of hydrogen-bond donors (Lipinski definition) is 1. The number of aliphatic hydroxyl groups is 1. The fourth-order valence-electron chi connectivity index (χ4n) is 1.23. The lowest BCUT2D eigenvalue weighted by Crippen LogP contribution is -1.92. The molecule has 0 aliphatic rings. The van der Waals surface area contributed by atoms with Crippen molar-refractivity contribution in [3.05, 3.63) is 17.7 Å². The van der Waals surface area contributed by atoms with E-state index in [2.05, 4.69) is 18.4 Å². The molecule has 0 aliphatic heterocycles. The molecule has 4 heteroatoms. The van der Waals surface area contributed by atoms with E-state index in [1.165, 1.54) is 14.7 Å². The molecule has 0 unspecified atom stereocenters. The summed E-state index contributed by atoms with van der Waals surface area (Å²) in [6.45, 7) is 0.126. The fourth-order valence-corrected chi connectivity index (χ4v) is 3.25. The van der Waals surface area contributed by atoms with Crippen LogP contribution in [-0.2, 0) is 6.61 Å². The van der Waals surface area contributed by atoms with E-state index < -0.39 is 0 Å². The third kappa shape index (κ3) is 2.63. The van der Waals surface area contributed by atoms with E-state index in [9.17, 15) is 5.11 Å². The minimum atomic E-state index is 0.126. The van der Waals surface area contributed by atoms with E-state index in [0.29, 0.717) is 0 Å². The predicted molar refractivity (Wildman–Crippen MR) is 67.7 cm³/mol. The molecule has 0 aliphatic carbocycles. The highest BCUT2D eigenvalue weighted by atomic mass is 32.2. The smallest absolute Gasteiger partial charge is 0.0703 e. The van der Waals surface area contributed by atoms with Gasteiger partial charge in [0, 0.05) is 20.2 Å². The lowest BCUT2D eigenvalue weighted by atomic mass is 10.2. The molecule has 0 amide bonds. The maximum absolute atomic E-state index is 9.29. The molecule has 1 rings (SSSR count). The second kappa shape index (κ2) is 5.95. The highest BCUT2D eigenvalue weighted by Crippen LogP contribution is 2.33. The first-order valence-corrected chi connectivity index (χ1v) is 7.84. The summed E-state index contributed by atoms with van der Waals surface area (Å²) < 4.78 is 0. The van der Waals surface area contributed by atoms with Gasteiger partial charge in [-0.3, -0.25) is 0 Å². The van der Waals surface area contributed by atoms with Crippen molar-refractivity contribution < 1.29 is 5.11 Å². The Morgan fingerprint density at radius 2 is 1.50 bits per heavy atom. The zero-order chi connectivity index (χ0) is 10.6. The van der Waals surface area contributed by atoms with Gasteiger partial charge in [0.05, 0.1) is 6.61 Å². The second-order valence-electron chi connectivity index (χ2n) is 2.67. The van der Waals surface area contributed by atoms with Gasteiger partial charge in [-0.2, -0.15) is 0 Å². The zero-order valence-corrected chi connectivity index (χ0v) is 11.0. The number of thioether (sulfide) groups is 3. The summed E-state index contributed by atoms with van der Waals surface area (Å²) in [5.41, 5.74) is 1.06. The topological polar surface area (TPSA) is 20.2 Å². The van der Waals surface area contributed by atoms with Gasteiger partial charge < -0.3 is 5.11 Å². The zero-order valence-electron chi connectivity index (χ0n) is 8.53. The van der Waals surface area contributed by atoms with Gasteiger partial charge in [-0.05, 0) is 30.9 Å². The summed E-state index contributed by atoms with van der Waals surface area (Å²) in [5.74, 6) is 0. The molecular formula is C10H14OS3. The number of benzene rings is 1. The molecule has 0 saturated heterocycles. The van der Waals surface area contributed by atoms with Crippen LogP contribution in [0.4, 0.5) is 0 Å². The first-order valence-electron chi connectivity index (χ1n) is 4.16. The van der Waals surface area contributed by atoms with Crippen molar-refractivity contribution in [3.63, 3.8) is 0 Å². The highest BCUT2D eigenvalue weighted by molar-refractivity contribution is 8.00. The Balaban J connectivity index is 3.24. The molecule has 14 heavy (non-hydrogen) atoms. The summed E-state index contributed by atoms with van der Waals surface area (Å²) in [5, 5.41) is 9.29. The van der Waals surface area contributed by atoms with Crippen LogP contribution in [0.2, 0.25) is 0 Å². The Bertz CT molecular complexity index is 287. The number of aliphatic hydroxyl groups excluding tert-OH is 1. The van der Waals surface area contributed by atoms with Gasteiger partial charge in [0.1, 0.15) is 0 Å². The van der Waals surface area contributed by atoms with Gasteiger partial charge >= 0.3 is 0 Å². The molecule has 1 aromatic rings. The summed E-state index contributed by atoms with van der Waals surface area (Å²) in [4.78, 5) is 3.63. The van der Waals surface area contributed by atoms with Crippen LogP contribution in [0.3, 0.4) is 0 Å². The van der Waals surface area contributed by atoms with Gasteiger partial charge in [0.2, 0.25) is 0 Å². The van der Waals surface area contributed by atoms with Crippen molar-refractivity contribution in [2.75, 3.05) is 18.8 Å². The lowest BCUT2D eigenvalue weighted by Gasteiger charge is -2.11. The van der Waals surface area contributed by atoms with Crippen molar-refractivity contribution in [1.29, 1.82) is 0 Å². The van der Waals surface area contributed by atoms with E-state index in [1.54, 1.807) is 35.3 Å². The van der Waals surface area contributed by atoms with Crippen molar-refractivity contribution in [2.24, 2.45) is 0 Å². The largest absolute Gasteiger partial charge is 0.392 e. The average Bonchev–Trinajstić information content (AvgIpc) is 2.26. The van der Waals surface area contributed by atoms with Crippen LogP contribution in [0.1, 0.15) is 5.56 Å². The second-order valence-corrected chi connectivity index (χ2v) is 5.24. The summed E-state index contributed by atoms with van der Waals surface area (Å²) >= 11 is 5.12. The van der Waals surface area contributed by atoms with E-state index in [1.807, 2.05) is 12.5 Å². The molecule has 0 bridgehead atoms. The average molecular weight is 246 g/mol. The van der Waals surface area contributed by atoms with E-state index in [0.717, 1.165) is 5.56 Å². The van der Waals surface area contributed by atoms with E-state index >= 15 is 0 Å². The summed E-state index contributed by atoms with van der Waals surface area (Å²) in [6, 6.07) is 4.28. The minimum absolute atomic E-state index is 0.126. The van der Waals surface area contributed by atoms with Gasteiger partial charge in [-0.25, -0.2) is 0 Å². The van der Waals surface area contributed by atoms with Gasteiger partial charge in [-0.15, -0.1) is 35.3 Å². The lowest BCUT2D eigenvalue weighted by molar-refractivity contribution is 0.275. The van der Waals surface area contributed by atoms with Crippen LogP contribution in [-0.4, -0.2) is 23.9 Å². The molecule has 78 valence electrons. The maximum Gasteiger partial charge on any atom is 0.0703 e. The summed E-state index contributed by atoms with van der Waals surface area (Å²) in [6.07, 6.45) is 6.16. The number of rotatable bonds is 4. The van der Waals surface area contributed by atoms with Crippen molar-refractivity contribution in [2.45, 2.75) is 21.3 Å². The predicted octanol–water partition coefficient (Wildman–Crippen LogP) is 3.34. The normalized spacial score (nSPS) is 10.6. The third-order valence-electron chi connectivity index (χ3n) is 1.98. The third-order valence-corrected chi connectivity index (χ3v) is 4.29. The Kier molecular flexibility index (Phi) is 5.23. The van der Waals surface area contributed by atoms with Crippen molar-refractivity contribution in [3.8, 4) is 0 Å². The van der Waals surface area contributed by atoms with Crippen LogP contribution in [0.15, 0.2) is 26.8 Å². The Morgan fingerprint density at radius 1 is 1.00 bits per heavy atom. The molecule has 0 fully saturated rings. The van der Waals surface area contributed by atoms with Crippen LogP contribution in [0, 0.1) is 0 Å². The van der Waals surface area contributed by atoms with E-state index in [-0.39, 0.29) is 6.61 Å². The van der Waals surface area contributed by atoms with Crippen LogP contribution in [0.5, 0.6) is 0 Å². The van der Waals surface area contributed by atoms with Gasteiger partial charge in [0.25, 0.3) is 0 Å². The first-order chi connectivity index (χ1) is 6.76. The molecule has 1 aromatic carbocycles. The van der Waals surface area contributed by atoms with Crippen molar-refractivity contribution >= 4 is 35.3 Å². The first kappa shape index (κ1) is 12.3. The van der Waals surface area contributed by atoms with Crippen LogP contribution >= 0.6 is 35.3 Å². The minimum Gasteiger partial charge on any atom is -0.392 e. The Morgan fingerprint density at radius 3 is 1.79 bits per heavy atom. The summed E-state index contributed by atoms with van der Waals surface area (Å²) in [7, 11) is 0. The molecule has 0 radical (unpaired) electrons. The van der Waals surface area contributed by atoms with E-state index in [4.69, 9.17) is 0 Å². The highest BCUT2D eigenvalue weighted by Gasteiger charge is 2.08. The molecule has 1 nitrogen and oxygen atoms in total. The molecule has 0 spiro atoms. The number of hydrogen-bond acceptors (Lipinski definition) is 4. The standard InChI is InChI=1S/C10H14OS3/c1-12-7-4-9(13-2)8(6-11)10(5-7)14-3/h4-5,11H,6H2,1-3H3. The molecule has 0 atom stereocenters. The SMILES string of the molecule is CSc1cc(SC)c(CO)c(SC)c1. The van der Waals surface area contributed by atoms with Crippen LogP contribution < -0.4 is 0 Å². The molecule has 0 aromatic heterocycles. The molecule has 0 saturated carbocycles. The van der Waals surface area contributed by atoms with Crippen LogP contribution in [0.25, 0.3) is 0 Å². The molecular weight excluding hydrogens is 232 g/mol.